The SMILES string of the molecule is NCN[C@@H](CCCCNC(=O)CCC(CC(=O)CCCCCCCCCCCCCCCn1cnc(-c2nn[nH]n2)c1-c1nn[nH]n1)C(=O)O)C(=O)CC(=O)O. The van der Waals surface area contributed by atoms with Crippen molar-refractivity contribution in [2.45, 2.75) is 147 Å². The number of nitrogens with one attached hydrogen (secondary N) is 4. The Labute approximate surface area is 326 Å². The van der Waals surface area contributed by atoms with Crippen LogP contribution >= 0.6 is 0 Å². The Kier molecular flexibility index (Phi) is 21.7. The third kappa shape index (κ3) is 17.7. The number of rotatable bonds is 34. The van der Waals surface area contributed by atoms with Crippen molar-refractivity contribution in [3.05, 3.63) is 6.33 Å². The van der Waals surface area contributed by atoms with Gasteiger partial charge in [0.15, 0.2) is 5.78 Å². The molecule has 56 heavy (non-hydrogen) atoms. The second-order valence-corrected chi connectivity index (χ2v) is 14.1. The lowest BCUT2D eigenvalue weighted by Gasteiger charge is -2.15. The summed E-state index contributed by atoms with van der Waals surface area (Å²) >= 11 is 0. The number of aliphatic carboxylic acids is 2. The summed E-state index contributed by atoms with van der Waals surface area (Å²) in [5.74, 6) is -3.17. The molecule has 3 rings (SSSR count). The first kappa shape index (κ1) is 45.4. The van der Waals surface area contributed by atoms with Crippen molar-refractivity contribution in [3.8, 4) is 23.0 Å². The van der Waals surface area contributed by atoms with Crippen LogP contribution in [-0.4, -0.2) is 110 Å². The fourth-order valence-electron chi connectivity index (χ4n) is 6.60. The van der Waals surface area contributed by atoms with Gasteiger partial charge in [-0.2, -0.15) is 10.4 Å². The predicted molar refractivity (Wildman–Crippen MR) is 203 cm³/mol. The van der Waals surface area contributed by atoms with E-state index < -0.39 is 36.1 Å². The molecular weight excluding hydrogens is 726 g/mol. The van der Waals surface area contributed by atoms with Gasteiger partial charge in [0.1, 0.15) is 23.6 Å². The number of hydrogen-bond donors (Lipinski definition) is 7. The summed E-state index contributed by atoms with van der Waals surface area (Å²) in [6.07, 6.45) is 17.5. The minimum atomic E-state index is -1.20. The molecule has 0 saturated heterocycles. The van der Waals surface area contributed by atoms with E-state index in [0.29, 0.717) is 55.3 Å². The lowest BCUT2D eigenvalue weighted by molar-refractivity contribution is -0.144. The molecule has 3 aromatic rings. The quantitative estimate of drug-likeness (QED) is 0.0259. The maximum atomic E-state index is 12.5. The van der Waals surface area contributed by atoms with E-state index in [0.717, 1.165) is 45.1 Å². The van der Waals surface area contributed by atoms with E-state index in [1.165, 1.54) is 44.9 Å². The Hall–Kier alpha value is -4.98. The van der Waals surface area contributed by atoms with E-state index in [-0.39, 0.29) is 37.6 Å². The monoisotopic (exact) mass is 785 g/mol. The largest absolute Gasteiger partial charge is 0.481 e. The molecule has 0 aliphatic carbocycles. The van der Waals surface area contributed by atoms with Crippen molar-refractivity contribution in [1.82, 2.24) is 61.4 Å². The number of tetrazole rings is 2. The van der Waals surface area contributed by atoms with Crippen LogP contribution in [0.15, 0.2) is 6.33 Å². The van der Waals surface area contributed by atoms with Gasteiger partial charge in [-0.25, -0.2) is 4.98 Å². The molecule has 3 aromatic heterocycles. The zero-order valence-corrected chi connectivity index (χ0v) is 32.3. The van der Waals surface area contributed by atoms with Crippen LogP contribution in [0.2, 0.25) is 0 Å². The number of Topliss-reactive ketones (excluding diaryl/α,β-unsaturated/α-hetero) is 2. The second-order valence-electron chi connectivity index (χ2n) is 14.1. The first-order valence-corrected chi connectivity index (χ1v) is 19.9. The summed E-state index contributed by atoms with van der Waals surface area (Å²) in [4.78, 5) is 63.7. The van der Waals surface area contributed by atoms with Crippen molar-refractivity contribution in [2.24, 2.45) is 11.7 Å². The number of unbranched alkanes of at least 4 members (excludes halogenated alkanes) is 13. The molecule has 0 aromatic carbocycles. The number of carbonyl (C=O) groups excluding carboxylic acids is 3. The Morgan fingerprint density at radius 3 is 1.93 bits per heavy atom. The van der Waals surface area contributed by atoms with Crippen LogP contribution in [0.25, 0.3) is 23.0 Å². The van der Waals surface area contributed by atoms with Gasteiger partial charge in [-0.15, -0.1) is 20.4 Å². The first-order chi connectivity index (χ1) is 27.2. The van der Waals surface area contributed by atoms with Crippen molar-refractivity contribution in [2.75, 3.05) is 13.2 Å². The lowest BCUT2D eigenvalue weighted by atomic mass is 9.94. The molecule has 0 spiro atoms. The zero-order valence-electron chi connectivity index (χ0n) is 32.3. The highest BCUT2D eigenvalue weighted by molar-refractivity contribution is 5.97. The van der Waals surface area contributed by atoms with Crippen LogP contribution in [-0.2, 0) is 30.5 Å². The van der Waals surface area contributed by atoms with Gasteiger partial charge >= 0.3 is 11.9 Å². The van der Waals surface area contributed by atoms with E-state index in [1.807, 2.05) is 4.57 Å². The number of hydrogen-bond acceptors (Lipinski definition) is 14. The number of ketones is 2. The summed E-state index contributed by atoms with van der Waals surface area (Å²) < 4.78 is 2.00. The van der Waals surface area contributed by atoms with Crippen LogP contribution in [0.5, 0.6) is 0 Å². The molecule has 8 N–H and O–H groups in total. The number of aryl methyl sites for hydroxylation is 1. The van der Waals surface area contributed by atoms with Gasteiger partial charge in [-0.3, -0.25) is 29.3 Å². The fourth-order valence-corrected chi connectivity index (χ4v) is 6.60. The molecule has 20 nitrogen and oxygen atoms in total. The molecule has 20 heteroatoms. The Balaban J connectivity index is 1.13. The van der Waals surface area contributed by atoms with Crippen LogP contribution in [0.1, 0.15) is 135 Å². The Morgan fingerprint density at radius 1 is 0.750 bits per heavy atom. The van der Waals surface area contributed by atoms with Gasteiger partial charge < -0.3 is 25.8 Å². The number of nitrogens with two attached hydrogens (primary N) is 1. The molecule has 1 amide bonds. The highest BCUT2D eigenvalue weighted by atomic mass is 16.4. The van der Waals surface area contributed by atoms with Crippen molar-refractivity contribution < 1.29 is 34.2 Å². The Morgan fingerprint density at radius 2 is 1.36 bits per heavy atom. The number of carbonyl (C=O) groups is 5. The molecule has 0 radical (unpaired) electrons. The number of carboxylic acid groups (broad SMARTS) is 2. The third-order valence-corrected chi connectivity index (χ3v) is 9.67. The second kappa shape index (κ2) is 26.8. The molecule has 0 aliphatic rings. The average molecular weight is 786 g/mol. The highest BCUT2D eigenvalue weighted by Gasteiger charge is 2.23. The first-order valence-electron chi connectivity index (χ1n) is 19.9. The average Bonchev–Trinajstić information content (AvgIpc) is 3.97. The molecular formula is C36H59N13O7. The van der Waals surface area contributed by atoms with E-state index in [2.05, 4.69) is 56.9 Å². The molecule has 0 fully saturated rings. The van der Waals surface area contributed by atoms with Crippen molar-refractivity contribution in [1.29, 1.82) is 0 Å². The number of H-pyrrole nitrogens is 2. The number of amides is 1. The van der Waals surface area contributed by atoms with Gasteiger partial charge in [0, 0.05) is 39.0 Å². The third-order valence-electron chi connectivity index (χ3n) is 9.67. The van der Waals surface area contributed by atoms with Crippen LogP contribution in [0.4, 0.5) is 0 Å². The number of aromatic nitrogens is 10. The van der Waals surface area contributed by atoms with Gasteiger partial charge in [-0.05, 0) is 49.0 Å². The number of carboxylic acids is 2. The zero-order chi connectivity index (χ0) is 40.4. The highest BCUT2D eigenvalue weighted by Crippen LogP contribution is 2.26. The lowest BCUT2D eigenvalue weighted by Crippen LogP contribution is -2.40. The molecule has 0 aliphatic heterocycles. The van der Waals surface area contributed by atoms with Crippen LogP contribution in [0.3, 0.4) is 0 Å². The maximum absolute atomic E-state index is 12.5. The van der Waals surface area contributed by atoms with Gasteiger partial charge in [0.2, 0.25) is 17.6 Å². The molecule has 3 heterocycles. The summed E-state index contributed by atoms with van der Waals surface area (Å²) in [5, 5.41) is 52.4. The summed E-state index contributed by atoms with van der Waals surface area (Å²) in [6, 6.07) is -0.655. The predicted octanol–water partition coefficient (Wildman–Crippen LogP) is 3.35. The number of aromatic amines is 2. The fraction of sp³-hybridized carbons (Fsp3) is 0.722. The number of imidazole rings is 1. The summed E-state index contributed by atoms with van der Waals surface area (Å²) in [5.41, 5.74) is 6.71. The van der Waals surface area contributed by atoms with Gasteiger partial charge in [0.05, 0.1) is 18.3 Å². The van der Waals surface area contributed by atoms with Crippen LogP contribution in [0, 0.1) is 5.92 Å². The van der Waals surface area contributed by atoms with E-state index in [9.17, 15) is 29.1 Å². The molecule has 310 valence electrons. The van der Waals surface area contributed by atoms with Crippen LogP contribution < -0.4 is 16.4 Å². The summed E-state index contributed by atoms with van der Waals surface area (Å²) in [7, 11) is 0. The smallest absolute Gasteiger partial charge is 0.310 e. The van der Waals surface area contributed by atoms with E-state index in [1.54, 1.807) is 6.33 Å². The standard InChI is InChI=1S/C36H59N13O7/c37-24-39-28(29(51)23-31(53)54)17-13-14-20-38-30(52)19-18-26(36(55)56)22-27(50)16-12-10-8-6-4-2-1-3-5-7-9-11-15-21-49-25-40-32(34-41-45-46-42-34)33(49)35-43-47-48-44-35/h25-26,28,39H,1-24,37H2,(H,38,52)(H,53,54)(H,55,56)(H,41,42,45,46)(H,43,44,47,48)/t26?,28-/m0/s1. The molecule has 0 saturated carbocycles. The Bertz CT molecular complexity index is 1580. The van der Waals surface area contributed by atoms with E-state index >= 15 is 0 Å². The topological polar surface area (TPSA) is 303 Å². The summed E-state index contributed by atoms with van der Waals surface area (Å²) in [6.45, 7) is 1.16. The van der Waals surface area contributed by atoms with Crippen molar-refractivity contribution in [3.63, 3.8) is 0 Å². The maximum Gasteiger partial charge on any atom is 0.310 e. The molecule has 0 bridgehead atoms. The van der Waals surface area contributed by atoms with Gasteiger partial charge in [0.25, 0.3) is 0 Å². The van der Waals surface area contributed by atoms with Gasteiger partial charge in [-0.1, -0.05) is 70.6 Å². The minimum Gasteiger partial charge on any atom is -0.481 e. The minimum absolute atomic E-state index is 0.00251. The molecule has 1 unspecified atom stereocenters. The van der Waals surface area contributed by atoms with E-state index in [4.69, 9.17) is 10.8 Å². The molecule has 2 atom stereocenters. The normalized spacial score (nSPS) is 12.4. The van der Waals surface area contributed by atoms with Crippen molar-refractivity contribution >= 4 is 29.4 Å². The number of nitrogens with zero attached hydrogens (tertiary/aromatic N) is 8.